The largest absolute Gasteiger partial charge is 0.265 e. The lowest BCUT2D eigenvalue weighted by molar-refractivity contribution is -0.697. The van der Waals surface area contributed by atoms with Crippen molar-refractivity contribution >= 4 is 0 Å². The zero-order chi connectivity index (χ0) is 20.8. The molecule has 2 nitrogen and oxygen atoms in total. The van der Waals surface area contributed by atoms with Gasteiger partial charge in [-0.05, 0) is 31.0 Å². The molecule has 29 heavy (non-hydrogen) atoms. The molecule has 0 atom stereocenters. The SMILES string of the molecule is CCCCCCCCCCCCCCCC[n+]1ccc(C)cc1.c1ccncc1. The molecule has 0 amide bonds. The molecule has 0 aliphatic rings. The molecule has 0 fully saturated rings. The van der Waals surface area contributed by atoms with Crippen LogP contribution in [-0.4, -0.2) is 4.98 Å². The van der Waals surface area contributed by atoms with Crippen LogP contribution < -0.4 is 4.57 Å². The van der Waals surface area contributed by atoms with Crippen LogP contribution >= 0.6 is 0 Å². The van der Waals surface area contributed by atoms with E-state index in [0.717, 1.165) is 0 Å². The molecular formula is C27H45N2+. The van der Waals surface area contributed by atoms with Crippen molar-refractivity contribution in [2.45, 2.75) is 110 Å². The summed E-state index contributed by atoms with van der Waals surface area (Å²) >= 11 is 0. The quantitative estimate of drug-likeness (QED) is 0.221. The standard InChI is InChI=1S/C22H40N.C5H5N/c1-3-4-5-6-7-8-9-10-11-12-13-14-15-16-19-23-20-17-22(2)18-21-23;1-2-4-6-5-3-1/h17-18,20-21H,3-16,19H2,1-2H3;1-5H/q+1;. The molecule has 0 aliphatic heterocycles. The Bertz CT molecular complexity index is 524. The summed E-state index contributed by atoms with van der Waals surface area (Å²) in [6.45, 7) is 5.62. The van der Waals surface area contributed by atoms with E-state index in [2.05, 4.69) is 47.9 Å². The van der Waals surface area contributed by atoms with Gasteiger partial charge in [-0.3, -0.25) is 4.98 Å². The van der Waals surface area contributed by atoms with Crippen LogP contribution in [0.2, 0.25) is 0 Å². The molecule has 0 saturated heterocycles. The zero-order valence-corrected chi connectivity index (χ0v) is 19.2. The van der Waals surface area contributed by atoms with Crippen LogP contribution in [0.5, 0.6) is 0 Å². The normalized spacial score (nSPS) is 10.4. The van der Waals surface area contributed by atoms with Gasteiger partial charge >= 0.3 is 0 Å². The van der Waals surface area contributed by atoms with Crippen LogP contribution in [0.4, 0.5) is 0 Å². The van der Waals surface area contributed by atoms with Crippen molar-refractivity contribution in [1.82, 2.24) is 4.98 Å². The number of unbranched alkanes of at least 4 members (excludes halogenated alkanes) is 13. The van der Waals surface area contributed by atoms with Crippen molar-refractivity contribution in [3.05, 3.63) is 60.7 Å². The van der Waals surface area contributed by atoms with E-state index in [1.807, 2.05) is 18.2 Å². The molecule has 0 spiro atoms. The maximum atomic E-state index is 3.78. The molecule has 2 aromatic heterocycles. The molecule has 0 aromatic carbocycles. The number of nitrogens with zero attached hydrogens (tertiary/aromatic N) is 2. The fourth-order valence-corrected chi connectivity index (χ4v) is 3.48. The van der Waals surface area contributed by atoms with Crippen molar-refractivity contribution in [2.75, 3.05) is 0 Å². The third kappa shape index (κ3) is 16.9. The van der Waals surface area contributed by atoms with Gasteiger partial charge in [0.15, 0.2) is 12.4 Å². The van der Waals surface area contributed by atoms with Crippen LogP contribution in [0.3, 0.4) is 0 Å². The fourth-order valence-electron chi connectivity index (χ4n) is 3.48. The Balaban J connectivity index is 0.000000594. The van der Waals surface area contributed by atoms with E-state index in [-0.39, 0.29) is 0 Å². The average molecular weight is 398 g/mol. The highest BCUT2D eigenvalue weighted by Gasteiger charge is 1.99. The van der Waals surface area contributed by atoms with Gasteiger partial charge in [0, 0.05) is 30.9 Å². The van der Waals surface area contributed by atoms with E-state index in [9.17, 15) is 0 Å². The lowest BCUT2D eigenvalue weighted by Crippen LogP contribution is -2.32. The number of aromatic nitrogens is 2. The molecule has 2 aromatic rings. The van der Waals surface area contributed by atoms with Crippen LogP contribution in [0.15, 0.2) is 55.1 Å². The number of aryl methyl sites for hydroxylation is 2. The van der Waals surface area contributed by atoms with Crippen LogP contribution in [0.1, 0.15) is 102 Å². The smallest absolute Gasteiger partial charge is 0.169 e. The summed E-state index contributed by atoms with van der Waals surface area (Å²) in [6.07, 6.45) is 28.0. The highest BCUT2D eigenvalue weighted by Crippen LogP contribution is 2.12. The van der Waals surface area contributed by atoms with Gasteiger partial charge in [-0.1, -0.05) is 90.0 Å². The second kappa shape index (κ2) is 19.6. The highest BCUT2D eigenvalue weighted by atomic mass is 14.9. The zero-order valence-electron chi connectivity index (χ0n) is 19.2. The predicted molar refractivity (Wildman–Crippen MR) is 126 cm³/mol. The molecule has 2 heteroatoms. The van der Waals surface area contributed by atoms with Gasteiger partial charge < -0.3 is 0 Å². The van der Waals surface area contributed by atoms with Crippen LogP contribution in [-0.2, 0) is 6.54 Å². The van der Waals surface area contributed by atoms with Crippen molar-refractivity contribution in [2.24, 2.45) is 0 Å². The fraction of sp³-hybridized carbons (Fsp3) is 0.630. The Kier molecular flexibility index (Phi) is 17.1. The van der Waals surface area contributed by atoms with Gasteiger partial charge in [0.2, 0.25) is 0 Å². The summed E-state index contributed by atoms with van der Waals surface area (Å²) in [5.74, 6) is 0. The van der Waals surface area contributed by atoms with Crippen molar-refractivity contribution in [1.29, 1.82) is 0 Å². The Morgan fingerprint density at radius 3 is 1.45 bits per heavy atom. The van der Waals surface area contributed by atoms with E-state index in [1.54, 1.807) is 12.4 Å². The first-order valence-electron chi connectivity index (χ1n) is 12.1. The monoisotopic (exact) mass is 397 g/mol. The predicted octanol–water partition coefficient (Wildman–Crippen LogP) is 7.85. The Morgan fingerprint density at radius 2 is 1.07 bits per heavy atom. The molecule has 0 radical (unpaired) electrons. The minimum absolute atomic E-state index is 1.18. The number of hydrogen-bond acceptors (Lipinski definition) is 1. The average Bonchev–Trinajstić information content (AvgIpc) is 2.77. The first kappa shape index (κ1) is 25.3. The van der Waals surface area contributed by atoms with Gasteiger partial charge in [0.25, 0.3) is 0 Å². The van der Waals surface area contributed by atoms with Crippen molar-refractivity contribution in [3.8, 4) is 0 Å². The molecule has 0 aliphatic carbocycles. The second-order valence-electron chi connectivity index (χ2n) is 8.23. The summed E-state index contributed by atoms with van der Waals surface area (Å²) in [5.41, 5.74) is 1.35. The van der Waals surface area contributed by atoms with Crippen LogP contribution in [0, 0.1) is 6.92 Å². The maximum absolute atomic E-state index is 3.78. The minimum atomic E-state index is 1.18. The first-order valence-corrected chi connectivity index (χ1v) is 12.1. The Hall–Kier alpha value is -1.70. The lowest BCUT2D eigenvalue weighted by Gasteiger charge is -2.03. The summed E-state index contributed by atoms with van der Waals surface area (Å²) < 4.78 is 2.31. The van der Waals surface area contributed by atoms with E-state index < -0.39 is 0 Å². The summed E-state index contributed by atoms with van der Waals surface area (Å²) in [4.78, 5) is 3.78. The van der Waals surface area contributed by atoms with Gasteiger partial charge in [-0.25, -0.2) is 4.57 Å². The van der Waals surface area contributed by atoms with Crippen LogP contribution in [0.25, 0.3) is 0 Å². The number of hydrogen-bond donors (Lipinski definition) is 0. The maximum Gasteiger partial charge on any atom is 0.169 e. The number of pyridine rings is 2. The molecule has 162 valence electrons. The molecule has 2 rings (SSSR count). The Labute approximate surface area is 180 Å². The van der Waals surface area contributed by atoms with Crippen molar-refractivity contribution < 1.29 is 4.57 Å². The third-order valence-corrected chi connectivity index (χ3v) is 5.39. The summed E-state index contributed by atoms with van der Waals surface area (Å²) in [5, 5.41) is 0. The lowest BCUT2D eigenvalue weighted by atomic mass is 10.0. The van der Waals surface area contributed by atoms with E-state index in [4.69, 9.17) is 0 Å². The molecule has 0 N–H and O–H groups in total. The minimum Gasteiger partial charge on any atom is -0.265 e. The van der Waals surface area contributed by atoms with E-state index in [0.29, 0.717) is 0 Å². The molecular weight excluding hydrogens is 352 g/mol. The Morgan fingerprint density at radius 1 is 0.621 bits per heavy atom. The highest BCUT2D eigenvalue weighted by molar-refractivity contribution is 5.03. The van der Waals surface area contributed by atoms with Gasteiger partial charge in [0.1, 0.15) is 6.54 Å². The van der Waals surface area contributed by atoms with E-state index in [1.165, 1.54) is 102 Å². The summed E-state index contributed by atoms with van der Waals surface area (Å²) in [7, 11) is 0. The topological polar surface area (TPSA) is 16.8 Å². The van der Waals surface area contributed by atoms with Gasteiger partial charge in [-0.2, -0.15) is 0 Å². The molecule has 2 heterocycles. The van der Waals surface area contributed by atoms with Gasteiger partial charge in [0.05, 0.1) is 0 Å². The van der Waals surface area contributed by atoms with Gasteiger partial charge in [-0.15, -0.1) is 0 Å². The number of rotatable bonds is 15. The first-order chi connectivity index (χ1) is 14.3. The van der Waals surface area contributed by atoms with E-state index >= 15 is 0 Å². The molecule has 0 saturated carbocycles. The molecule has 0 bridgehead atoms. The third-order valence-electron chi connectivity index (χ3n) is 5.39. The summed E-state index contributed by atoms with van der Waals surface area (Å²) in [6, 6.07) is 10.1. The second-order valence-corrected chi connectivity index (χ2v) is 8.23. The van der Waals surface area contributed by atoms with Crippen molar-refractivity contribution in [3.63, 3.8) is 0 Å². The molecule has 0 unspecified atom stereocenters.